The molecule has 1 heteroatoms. The molecule has 0 aliphatic heterocycles. The van der Waals surface area contributed by atoms with Crippen molar-refractivity contribution in [3.63, 3.8) is 0 Å². The van der Waals surface area contributed by atoms with E-state index in [1.807, 2.05) is 0 Å². The summed E-state index contributed by atoms with van der Waals surface area (Å²) in [6.45, 7) is 0. The molecular weight excluding hydrogens is 747 g/mol. The standard InChI is InChI=1S/C61H41N/c1-3-22-48(23-4-1)61(49-24-5-2-6-25-49)59-31-12-11-29-57(59)58-37-35-52(41-60(58)61)62(51-34-36-56-47(40-51)33-32-43-17-8-10-28-54(43)56)50-26-14-20-45(39-50)44-19-13-21-46(38-44)55-30-15-18-42-16-7-9-27-53(42)55/h1-41H. The van der Waals surface area contributed by atoms with Gasteiger partial charge in [0.2, 0.25) is 0 Å². The smallest absolute Gasteiger partial charge is 0.0714 e. The maximum atomic E-state index is 2.47. The fourth-order valence-electron chi connectivity index (χ4n) is 10.3. The van der Waals surface area contributed by atoms with Crippen LogP contribution in [0.4, 0.5) is 17.1 Å². The minimum absolute atomic E-state index is 0.512. The molecule has 0 spiro atoms. The molecular formula is C61H41N. The third-order valence-electron chi connectivity index (χ3n) is 13.1. The highest BCUT2D eigenvalue weighted by Crippen LogP contribution is 2.57. The summed E-state index contributed by atoms with van der Waals surface area (Å²) < 4.78 is 0. The van der Waals surface area contributed by atoms with E-state index in [1.165, 1.54) is 82.4 Å². The van der Waals surface area contributed by atoms with E-state index in [-0.39, 0.29) is 0 Å². The van der Waals surface area contributed by atoms with Crippen LogP contribution in [0, 0.1) is 0 Å². The van der Waals surface area contributed by atoms with Crippen molar-refractivity contribution in [2.45, 2.75) is 5.41 Å². The van der Waals surface area contributed by atoms with Crippen molar-refractivity contribution in [3.8, 4) is 33.4 Å². The van der Waals surface area contributed by atoms with E-state index in [9.17, 15) is 0 Å². The molecule has 1 aliphatic rings. The van der Waals surface area contributed by atoms with Crippen LogP contribution in [0.25, 0.3) is 65.7 Å². The van der Waals surface area contributed by atoms with Gasteiger partial charge in [-0.2, -0.15) is 0 Å². The molecule has 1 nitrogen and oxygen atoms in total. The summed E-state index contributed by atoms with van der Waals surface area (Å²) in [5, 5.41) is 7.49. The van der Waals surface area contributed by atoms with Crippen molar-refractivity contribution >= 4 is 49.4 Å². The van der Waals surface area contributed by atoms with E-state index >= 15 is 0 Å². The first kappa shape index (κ1) is 35.9. The average Bonchev–Trinajstić information content (AvgIpc) is 3.65. The molecule has 11 aromatic rings. The van der Waals surface area contributed by atoms with E-state index in [0.29, 0.717) is 0 Å². The van der Waals surface area contributed by atoms with Gasteiger partial charge in [0, 0.05) is 17.1 Å². The molecule has 0 radical (unpaired) electrons. The number of fused-ring (bicyclic) bond motifs is 7. The Kier molecular flexibility index (Phi) is 8.47. The van der Waals surface area contributed by atoms with Crippen LogP contribution >= 0.6 is 0 Å². The topological polar surface area (TPSA) is 3.24 Å². The van der Waals surface area contributed by atoms with Crippen LogP contribution < -0.4 is 4.90 Å². The molecule has 0 saturated heterocycles. The zero-order valence-corrected chi connectivity index (χ0v) is 34.1. The van der Waals surface area contributed by atoms with Crippen molar-refractivity contribution in [1.29, 1.82) is 0 Å². The summed E-state index contributed by atoms with van der Waals surface area (Å²) in [7, 11) is 0. The highest BCUT2D eigenvalue weighted by atomic mass is 15.1. The number of rotatable bonds is 7. The number of hydrogen-bond donors (Lipinski definition) is 0. The predicted octanol–water partition coefficient (Wildman–Crippen LogP) is 16.3. The molecule has 0 atom stereocenters. The number of hydrogen-bond acceptors (Lipinski definition) is 1. The van der Waals surface area contributed by atoms with Gasteiger partial charge in [-0.1, -0.05) is 206 Å². The maximum Gasteiger partial charge on any atom is 0.0714 e. The van der Waals surface area contributed by atoms with E-state index in [0.717, 1.165) is 22.6 Å². The molecule has 0 N–H and O–H groups in total. The molecule has 0 heterocycles. The van der Waals surface area contributed by atoms with Gasteiger partial charge in [-0.05, 0) is 130 Å². The summed E-state index contributed by atoms with van der Waals surface area (Å²) in [5.41, 5.74) is 15.2. The van der Waals surface area contributed by atoms with Crippen LogP contribution in [-0.2, 0) is 5.41 Å². The van der Waals surface area contributed by atoms with E-state index < -0.39 is 5.41 Å². The van der Waals surface area contributed by atoms with Crippen molar-refractivity contribution < 1.29 is 0 Å². The molecule has 0 fully saturated rings. The Hall–Kier alpha value is -8.00. The summed E-state index contributed by atoms with van der Waals surface area (Å²) in [6.07, 6.45) is 0. The summed E-state index contributed by atoms with van der Waals surface area (Å²) in [5.74, 6) is 0. The van der Waals surface area contributed by atoms with Crippen molar-refractivity contribution in [2.24, 2.45) is 0 Å². The third kappa shape index (κ3) is 5.70. The van der Waals surface area contributed by atoms with Crippen LogP contribution in [0.2, 0.25) is 0 Å². The molecule has 290 valence electrons. The Labute approximate surface area is 362 Å². The van der Waals surface area contributed by atoms with Crippen LogP contribution in [0.15, 0.2) is 249 Å². The highest BCUT2D eigenvalue weighted by Gasteiger charge is 2.46. The van der Waals surface area contributed by atoms with Crippen LogP contribution in [-0.4, -0.2) is 0 Å². The maximum absolute atomic E-state index is 2.47. The summed E-state index contributed by atoms with van der Waals surface area (Å²) in [6, 6.07) is 91.7. The molecule has 0 amide bonds. The Balaban J connectivity index is 1.07. The quantitative estimate of drug-likeness (QED) is 0.145. The second kappa shape index (κ2) is 14.6. The molecule has 0 aromatic heterocycles. The van der Waals surface area contributed by atoms with Crippen LogP contribution in [0.1, 0.15) is 22.3 Å². The molecule has 0 unspecified atom stereocenters. The van der Waals surface area contributed by atoms with Gasteiger partial charge in [-0.3, -0.25) is 0 Å². The zero-order chi connectivity index (χ0) is 41.0. The fourth-order valence-corrected chi connectivity index (χ4v) is 10.3. The minimum Gasteiger partial charge on any atom is -0.310 e. The van der Waals surface area contributed by atoms with Gasteiger partial charge in [0.1, 0.15) is 0 Å². The van der Waals surface area contributed by atoms with E-state index in [4.69, 9.17) is 0 Å². The lowest BCUT2D eigenvalue weighted by molar-refractivity contribution is 0.768. The van der Waals surface area contributed by atoms with Crippen molar-refractivity contribution in [3.05, 3.63) is 271 Å². The normalized spacial score (nSPS) is 12.6. The first-order chi connectivity index (χ1) is 30.7. The molecule has 1 aliphatic carbocycles. The second-order valence-corrected chi connectivity index (χ2v) is 16.4. The molecule has 0 bridgehead atoms. The largest absolute Gasteiger partial charge is 0.310 e. The molecule has 0 saturated carbocycles. The van der Waals surface area contributed by atoms with Gasteiger partial charge in [-0.15, -0.1) is 0 Å². The summed E-state index contributed by atoms with van der Waals surface area (Å²) in [4.78, 5) is 2.46. The average molecular weight is 788 g/mol. The van der Waals surface area contributed by atoms with Crippen molar-refractivity contribution in [1.82, 2.24) is 0 Å². The van der Waals surface area contributed by atoms with Crippen molar-refractivity contribution in [2.75, 3.05) is 4.90 Å². The molecule has 12 rings (SSSR count). The van der Waals surface area contributed by atoms with Gasteiger partial charge in [0.05, 0.1) is 5.41 Å². The molecule has 62 heavy (non-hydrogen) atoms. The lowest BCUT2D eigenvalue weighted by Crippen LogP contribution is -2.28. The second-order valence-electron chi connectivity index (χ2n) is 16.4. The first-order valence-electron chi connectivity index (χ1n) is 21.5. The van der Waals surface area contributed by atoms with Gasteiger partial charge in [-0.25, -0.2) is 0 Å². The van der Waals surface area contributed by atoms with Gasteiger partial charge < -0.3 is 4.90 Å². The van der Waals surface area contributed by atoms with Gasteiger partial charge >= 0.3 is 0 Å². The number of nitrogens with zero attached hydrogens (tertiary/aromatic N) is 1. The minimum atomic E-state index is -0.512. The number of benzene rings is 11. The highest BCUT2D eigenvalue weighted by molar-refractivity contribution is 6.08. The van der Waals surface area contributed by atoms with Crippen LogP contribution in [0.3, 0.4) is 0 Å². The van der Waals surface area contributed by atoms with E-state index in [2.05, 4.69) is 254 Å². The summed E-state index contributed by atoms with van der Waals surface area (Å²) >= 11 is 0. The van der Waals surface area contributed by atoms with Crippen LogP contribution in [0.5, 0.6) is 0 Å². The monoisotopic (exact) mass is 787 g/mol. The van der Waals surface area contributed by atoms with Gasteiger partial charge in [0.15, 0.2) is 0 Å². The fraction of sp³-hybridized carbons (Fsp3) is 0.0164. The van der Waals surface area contributed by atoms with Gasteiger partial charge in [0.25, 0.3) is 0 Å². The van der Waals surface area contributed by atoms with E-state index in [1.54, 1.807) is 0 Å². The lowest BCUT2D eigenvalue weighted by Gasteiger charge is -2.35. The molecule has 11 aromatic carbocycles. The third-order valence-corrected chi connectivity index (χ3v) is 13.1. The number of anilines is 3. The SMILES string of the molecule is c1ccc(C2(c3ccccc3)c3ccccc3-c3ccc(N(c4cccc(-c5cccc(-c6cccc7ccccc67)c5)c4)c4ccc5c(ccc6ccccc65)c4)cc32)cc1. The lowest BCUT2D eigenvalue weighted by atomic mass is 9.67. The zero-order valence-electron chi connectivity index (χ0n) is 34.1. The Morgan fingerprint density at radius 3 is 1.58 bits per heavy atom. The first-order valence-corrected chi connectivity index (χ1v) is 21.5. The Morgan fingerprint density at radius 2 is 0.774 bits per heavy atom. The predicted molar refractivity (Wildman–Crippen MR) is 262 cm³/mol. The Morgan fingerprint density at radius 1 is 0.258 bits per heavy atom. The Bertz CT molecular complexity index is 3430.